The Balaban J connectivity index is 2.34. The van der Waals surface area contributed by atoms with E-state index in [-0.39, 0.29) is 11.7 Å². The van der Waals surface area contributed by atoms with Gasteiger partial charge in [0.05, 0.1) is 36.5 Å². The number of hydrogen-bond acceptors (Lipinski definition) is 3. The highest BCUT2D eigenvalue weighted by Gasteiger charge is 2.27. The second-order valence-electron chi connectivity index (χ2n) is 6.55. The van der Waals surface area contributed by atoms with Crippen LogP contribution in [0.4, 0.5) is 0 Å². The number of carbonyl (C=O) groups is 1. The van der Waals surface area contributed by atoms with Gasteiger partial charge in [0.2, 0.25) is 0 Å². The molecular weight excluding hydrogens is 340 g/mol. The van der Waals surface area contributed by atoms with E-state index in [1.807, 2.05) is 36.4 Å². The van der Waals surface area contributed by atoms with E-state index >= 15 is 0 Å². The second kappa shape index (κ2) is 8.27. The molecule has 0 aliphatic heterocycles. The Bertz CT molecular complexity index is 928. The number of para-hydroxylation sites is 1. The van der Waals surface area contributed by atoms with Gasteiger partial charge in [-0.05, 0) is 51.1 Å². The first-order chi connectivity index (χ1) is 13.1. The van der Waals surface area contributed by atoms with Crippen molar-refractivity contribution in [2.24, 2.45) is 0 Å². The van der Waals surface area contributed by atoms with E-state index in [9.17, 15) is 9.90 Å². The molecular formula is C22H27N2O3+. The summed E-state index contributed by atoms with van der Waals surface area (Å²) in [5.74, 6) is -0.204. The highest BCUT2D eigenvalue weighted by atomic mass is 16.5. The fourth-order valence-corrected chi connectivity index (χ4v) is 3.54. The minimum atomic E-state index is -0.343. The topological polar surface area (TPSA) is 55.9 Å². The Kier molecular flexibility index (Phi) is 5.81. The lowest BCUT2D eigenvalue weighted by molar-refractivity contribution is -0.910. The number of fused-ring (bicyclic) bond motifs is 1. The zero-order valence-electron chi connectivity index (χ0n) is 16.2. The van der Waals surface area contributed by atoms with Gasteiger partial charge in [-0.25, -0.2) is 4.79 Å². The Hall–Kier alpha value is -2.79. The van der Waals surface area contributed by atoms with Gasteiger partial charge in [0, 0.05) is 11.1 Å². The van der Waals surface area contributed by atoms with Crippen molar-refractivity contribution in [3.63, 3.8) is 0 Å². The molecule has 2 N–H and O–H groups in total. The lowest BCUT2D eigenvalue weighted by Gasteiger charge is -2.18. The van der Waals surface area contributed by atoms with Crippen LogP contribution in [0, 0.1) is 0 Å². The number of nitrogens with zero attached hydrogens (tertiary/aromatic N) is 1. The minimum Gasteiger partial charge on any atom is -0.508 e. The predicted molar refractivity (Wildman–Crippen MR) is 107 cm³/mol. The van der Waals surface area contributed by atoms with Crippen LogP contribution in [-0.4, -0.2) is 35.3 Å². The molecule has 2 aromatic carbocycles. The van der Waals surface area contributed by atoms with Gasteiger partial charge >= 0.3 is 5.97 Å². The van der Waals surface area contributed by atoms with Crippen LogP contribution in [0.25, 0.3) is 16.6 Å². The number of carbonyl (C=O) groups excluding carboxylic acids is 1. The van der Waals surface area contributed by atoms with Crippen molar-refractivity contribution >= 4 is 16.9 Å². The van der Waals surface area contributed by atoms with Crippen LogP contribution in [0.2, 0.25) is 0 Å². The summed E-state index contributed by atoms with van der Waals surface area (Å²) in [5.41, 5.74) is 3.35. The molecule has 0 radical (unpaired) electrons. The molecule has 1 heterocycles. The Morgan fingerprint density at radius 2 is 1.78 bits per heavy atom. The van der Waals surface area contributed by atoms with Gasteiger partial charge in [-0.2, -0.15) is 0 Å². The molecule has 3 rings (SSSR count). The summed E-state index contributed by atoms with van der Waals surface area (Å²) in [5, 5.41) is 10.8. The van der Waals surface area contributed by atoms with E-state index in [0.717, 1.165) is 35.4 Å². The molecule has 27 heavy (non-hydrogen) atoms. The number of phenolic OH excluding ortho intramolecular Hbond substituents is 1. The average molecular weight is 367 g/mol. The van der Waals surface area contributed by atoms with E-state index in [4.69, 9.17) is 4.74 Å². The maximum Gasteiger partial charge on any atom is 0.340 e. The smallest absolute Gasteiger partial charge is 0.340 e. The van der Waals surface area contributed by atoms with Gasteiger partial charge in [-0.3, -0.25) is 0 Å². The van der Waals surface area contributed by atoms with Gasteiger partial charge in [0.15, 0.2) is 0 Å². The summed E-state index contributed by atoms with van der Waals surface area (Å²) in [4.78, 5) is 14.2. The minimum absolute atomic E-state index is 0.139. The van der Waals surface area contributed by atoms with Crippen molar-refractivity contribution in [2.45, 2.75) is 27.3 Å². The third kappa shape index (κ3) is 3.69. The molecule has 0 aliphatic rings. The highest BCUT2D eigenvalue weighted by Crippen LogP contribution is 2.32. The van der Waals surface area contributed by atoms with E-state index in [2.05, 4.69) is 18.4 Å². The molecule has 0 unspecified atom stereocenters. The van der Waals surface area contributed by atoms with Crippen LogP contribution in [0.5, 0.6) is 5.75 Å². The molecule has 0 spiro atoms. The van der Waals surface area contributed by atoms with Crippen molar-refractivity contribution in [3.05, 3.63) is 59.8 Å². The van der Waals surface area contributed by atoms with Crippen LogP contribution < -0.4 is 4.90 Å². The second-order valence-corrected chi connectivity index (χ2v) is 6.55. The molecule has 1 aromatic heterocycles. The Morgan fingerprint density at radius 3 is 2.41 bits per heavy atom. The summed E-state index contributed by atoms with van der Waals surface area (Å²) in [6, 6.07) is 15.2. The molecule has 0 amide bonds. The maximum atomic E-state index is 12.9. The molecule has 0 saturated carbocycles. The first kappa shape index (κ1) is 19.0. The van der Waals surface area contributed by atoms with Crippen LogP contribution >= 0.6 is 0 Å². The molecule has 0 atom stereocenters. The Labute approximate surface area is 159 Å². The summed E-state index contributed by atoms with van der Waals surface area (Å²) in [6.45, 7) is 9.02. The van der Waals surface area contributed by atoms with Gasteiger partial charge in [-0.15, -0.1) is 0 Å². The molecule has 0 aliphatic carbocycles. The lowest BCUT2D eigenvalue weighted by atomic mass is 10.1. The van der Waals surface area contributed by atoms with Crippen molar-refractivity contribution in [1.82, 2.24) is 4.57 Å². The Morgan fingerprint density at radius 1 is 1.07 bits per heavy atom. The first-order valence-corrected chi connectivity index (χ1v) is 9.53. The molecule has 5 nitrogen and oxygen atoms in total. The maximum absolute atomic E-state index is 12.9. The quantitative estimate of drug-likeness (QED) is 0.632. The zero-order valence-corrected chi connectivity index (χ0v) is 16.2. The summed E-state index contributed by atoms with van der Waals surface area (Å²) >= 11 is 0. The van der Waals surface area contributed by atoms with Gasteiger partial charge in [0.1, 0.15) is 12.3 Å². The van der Waals surface area contributed by atoms with Gasteiger partial charge in [0.25, 0.3) is 0 Å². The third-order valence-electron chi connectivity index (χ3n) is 4.96. The highest BCUT2D eigenvalue weighted by molar-refractivity contribution is 6.07. The van der Waals surface area contributed by atoms with Crippen LogP contribution in [-0.2, 0) is 11.3 Å². The summed E-state index contributed by atoms with van der Waals surface area (Å²) in [7, 11) is 0. The van der Waals surface area contributed by atoms with Crippen molar-refractivity contribution in [2.75, 3.05) is 19.7 Å². The normalized spacial score (nSPS) is 11.3. The first-order valence-electron chi connectivity index (χ1n) is 9.53. The number of aromatic nitrogens is 1. The van der Waals surface area contributed by atoms with E-state index in [1.54, 1.807) is 19.1 Å². The number of esters is 1. The number of phenols is 1. The molecule has 0 saturated heterocycles. The largest absolute Gasteiger partial charge is 0.508 e. The van der Waals surface area contributed by atoms with E-state index in [0.29, 0.717) is 18.7 Å². The van der Waals surface area contributed by atoms with Crippen LogP contribution in [0.3, 0.4) is 0 Å². The summed E-state index contributed by atoms with van der Waals surface area (Å²) in [6.07, 6.45) is 0. The number of benzene rings is 2. The monoisotopic (exact) mass is 367 g/mol. The number of aromatic hydroxyl groups is 1. The van der Waals surface area contributed by atoms with Gasteiger partial charge < -0.3 is 19.3 Å². The predicted octanol–water partition coefficient (Wildman–Crippen LogP) is 2.94. The molecule has 142 valence electrons. The van der Waals surface area contributed by atoms with Gasteiger partial charge in [-0.1, -0.05) is 18.2 Å². The van der Waals surface area contributed by atoms with Crippen molar-refractivity contribution in [3.8, 4) is 11.4 Å². The lowest BCUT2D eigenvalue weighted by Crippen LogP contribution is -3.10. The number of rotatable bonds is 7. The number of hydrogen-bond donors (Lipinski definition) is 2. The third-order valence-corrected chi connectivity index (χ3v) is 4.96. The van der Waals surface area contributed by atoms with Crippen LogP contribution in [0.15, 0.2) is 48.5 Å². The molecule has 0 bridgehead atoms. The fourth-order valence-electron chi connectivity index (χ4n) is 3.54. The van der Waals surface area contributed by atoms with Crippen molar-refractivity contribution in [1.29, 1.82) is 0 Å². The average Bonchev–Trinajstić information content (AvgIpc) is 2.99. The number of ether oxygens (including phenoxy) is 1. The number of nitrogens with one attached hydrogen (secondary N) is 1. The summed E-state index contributed by atoms with van der Waals surface area (Å²) < 4.78 is 7.49. The molecule has 5 heteroatoms. The van der Waals surface area contributed by atoms with Crippen molar-refractivity contribution < 1.29 is 19.5 Å². The molecule has 3 aromatic rings. The van der Waals surface area contributed by atoms with Crippen LogP contribution in [0.1, 0.15) is 36.8 Å². The molecule has 0 fully saturated rings. The fraction of sp³-hybridized carbons (Fsp3) is 0.318. The zero-order chi connectivity index (χ0) is 19.4. The van der Waals surface area contributed by atoms with E-state index in [1.165, 1.54) is 4.90 Å². The number of quaternary nitrogens is 1. The SMILES string of the molecule is CCOC(=O)c1c(C[NH+](CC)CC)n(-c2ccccc2)c2ccc(O)cc12. The van der Waals surface area contributed by atoms with E-state index < -0.39 is 0 Å². The standard InChI is InChI=1S/C22H26N2O3/c1-4-23(5-2)15-20-21(22(26)27-6-3)18-14-17(25)12-13-19(18)24(20)16-10-8-7-9-11-16/h7-14,25H,4-6,15H2,1-3H3/p+1.